The number of nitrogens with one attached hydrogen (secondary N) is 1. The summed E-state index contributed by atoms with van der Waals surface area (Å²) < 4.78 is 59.3. The van der Waals surface area contributed by atoms with Gasteiger partial charge in [-0.3, -0.25) is 10.2 Å². The molecule has 1 amide bonds. The average Bonchev–Trinajstić information content (AvgIpc) is 3.14. The summed E-state index contributed by atoms with van der Waals surface area (Å²) in [5.41, 5.74) is 7.10. The number of ether oxygens (including phenoxy) is 5. The number of hydrazine groups is 1. The van der Waals surface area contributed by atoms with Crippen LogP contribution in [0.4, 0.5) is 5.69 Å². The van der Waals surface area contributed by atoms with E-state index in [1.54, 1.807) is 31.4 Å². The summed E-state index contributed by atoms with van der Waals surface area (Å²) in [7, 11) is -2.28. The van der Waals surface area contributed by atoms with Crippen LogP contribution < -0.4 is 20.9 Å². The Kier molecular flexibility index (Phi) is 14.5. The maximum Gasteiger partial charge on any atom is 0.243 e. The second kappa shape index (κ2) is 19.0. The number of aryl methyl sites for hydroxylation is 1. The SMILES string of the molecule is CCO[C@H](C)COCc1ccc([C@H]2C[C@H](CC(=O)NN)N(S(=O)(=O)c3ccc(C)cc3)C[C@@H]2OCc2ccc3c(c2)N(CCCOC)CCO3)cc1. The van der Waals surface area contributed by atoms with E-state index < -0.39 is 28.1 Å². The Bertz CT molecular complexity index is 1690. The minimum absolute atomic E-state index is 0.00702. The topological polar surface area (TPSA) is 142 Å². The predicted molar refractivity (Wildman–Crippen MR) is 200 cm³/mol. The molecule has 2 aliphatic heterocycles. The lowest BCUT2D eigenvalue weighted by Gasteiger charge is -2.43. The van der Waals surface area contributed by atoms with Gasteiger partial charge in [-0.2, -0.15) is 4.31 Å². The molecule has 284 valence electrons. The number of hydrogen-bond donors (Lipinski definition) is 2. The first kappa shape index (κ1) is 39.6. The van der Waals surface area contributed by atoms with E-state index in [0.717, 1.165) is 53.2 Å². The van der Waals surface area contributed by atoms with Gasteiger partial charge in [0, 0.05) is 51.8 Å². The number of hydrogen-bond acceptors (Lipinski definition) is 10. The lowest BCUT2D eigenvalue weighted by atomic mass is 9.83. The standard InChI is InChI=1S/C39H54N4O8S/c1-5-49-29(3)25-48-26-30-9-12-32(13-10-30)35-22-33(23-39(44)41-40)43(52(45,46)34-14-7-28(2)8-15-34)24-38(35)51-27-31-11-16-37-36(21-31)42(18-20-50-37)17-6-19-47-4/h7-16,21,29,33,35,38H,5-6,17-20,22-27,40H2,1-4H3,(H,41,44)/t29-,33-,35-,38+/m1/s1. The molecule has 3 aromatic rings. The number of carbonyl (C=O) groups excluding carboxylic acids is 1. The number of fused-ring (bicyclic) bond motifs is 1. The number of rotatable bonds is 18. The van der Waals surface area contributed by atoms with Crippen LogP contribution in [0.15, 0.2) is 71.6 Å². The molecule has 5 rings (SSSR count). The molecule has 2 heterocycles. The van der Waals surface area contributed by atoms with Crippen molar-refractivity contribution >= 4 is 21.6 Å². The van der Waals surface area contributed by atoms with E-state index in [1.165, 1.54) is 4.31 Å². The Labute approximate surface area is 308 Å². The molecule has 0 aromatic heterocycles. The molecule has 1 fully saturated rings. The number of benzene rings is 3. The van der Waals surface area contributed by atoms with Crippen LogP contribution in [-0.2, 0) is 47.0 Å². The molecule has 12 nitrogen and oxygen atoms in total. The quantitative estimate of drug-likeness (QED) is 0.0818. The van der Waals surface area contributed by atoms with E-state index in [0.29, 0.717) is 39.5 Å². The highest BCUT2D eigenvalue weighted by molar-refractivity contribution is 7.89. The average molecular weight is 739 g/mol. The maximum atomic E-state index is 14.2. The molecule has 0 aliphatic carbocycles. The van der Waals surface area contributed by atoms with Gasteiger partial charge in [0.2, 0.25) is 15.9 Å². The molecule has 0 bridgehead atoms. The van der Waals surface area contributed by atoms with Gasteiger partial charge in [-0.05, 0) is 74.6 Å². The highest BCUT2D eigenvalue weighted by atomic mass is 32.2. The summed E-state index contributed by atoms with van der Waals surface area (Å²) >= 11 is 0. The molecule has 0 radical (unpaired) electrons. The Morgan fingerprint density at radius 1 is 1.06 bits per heavy atom. The fraction of sp³-hybridized carbons (Fsp3) is 0.513. The number of amides is 1. The van der Waals surface area contributed by atoms with Gasteiger partial charge >= 0.3 is 0 Å². The van der Waals surface area contributed by atoms with Crippen LogP contribution in [0.3, 0.4) is 0 Å². The van der Waals surface area contributed by atoms with Gasteiger partial charge in [-0.25, -0.2) is 14.3 Å². The van der Waals surface area contributed by atoms with Crippen molar-refractivity contribution in [3.05, 3.63) is 89.0 Å². The lowest BCUT2D eigenvalue weighted by molar-refractivity contribution is -0.122. The van der Waals surface area contributed by atoms with Crippen molar-refractivity contribution in [2.45, 2.75) is 82.3 Å². The van der Waals surface area contributed by atoms with Crippen LogP contribution in [0.25, 0.3) is 0 Å². The van der Waals surface area contributed by atoms with Crippen molar-refractivity contribution in [1.82, 2.24) is 9.73 Å². The van der Waals surface area contributed by atoms with Crippen molar-refractivity contribution in [3.63, 3.8) is 0 Å². The Morgan fingerprint density at radius 2 is 1.81 bits per heavy atom. The Morgan fingerprint density at radius 3 is 2.52 bits per heavy atom. The van der Waals surface area contributed by atoms with Gasteiger partial charge in [0.1, 0.15) is 12.4 Å². The monoisotopic (exact) mass is 738 g/mol. The minimum Gasteiger partial charge on any atom is -0.490 e. The first-order valence-electron chi connectivity index (χ1n) is 18.1. The van der Waals surface area contributed by atoms with Crippen LogP contribution in [0.2, 0.25) is 0 Å². The summed E-state index contributed by atoms with van der Waals surface area (Å²) in [5, 5.41) is 0. The zero-order valence-electron chi connectivity index (χ0n) is 30.8. The Balaban J connectivity index is 1.42. The van der Waals surface area contributed by atoms with Gasteiger partial charge < -0.3 is 28.6 Å². The van der Waals surface area contributed by atoms with Crippen molar-refractivity contribution in [1.29, 1.82) is 0 Å². The molecule has 0 unspecified atom stereocenters. The van der Waals surface area contributed by atoms with Gasteiger partial charge in [0.15, 0.2) is 0 Å². The van der Waals surface area contributed by atoms with E-state index in [4.69, 9.17) is 29.5 Å². The minimum atomic E-state index is -3.99. The van der Waals surface area contributed by atoms with E-state index in [-0.39, 0.29) is 36.5 Å². The number of nitrogens with two attached hydrogens (primary N) is 1. The lowest BCUT2D eigenvalue weighted by Crippen LogP contribution is -2.53. The van der Waals surface area contributed by atoms with Gasteiger partial charge in [-0.15, -0.1) is 0 Å². The van der Waals surface area contributed by atoms with Crippen LogP contribution in [0.1, 0.15) is 61.3 Å². The normalized spacial score (nSPS) is 19.9. The highest BCUT2D eigenvalue weighted by Gasteiger charge is 2.43. The molecule has 3 aromatic carbocycles. The van der Waals surface area contributed by atoms with Crippen molar-refractivity contribution in [2.75, 3.05) is 58.1 Å². The van der Waals surface area contributed by atoms with Crippen molar-refractivity contribution in [3.8, 4) is 5.75 Å². The molecule has 4 atom stereocenters. The third kappa shape index (κ3) is 10.3. The fourth-order valence-corrected chi connectivity index (χ4v) is 8.56. The molecule has 52 heavy (non-hydrogen) atoms. The number of methoxy groups -OCH3 is 1. The van der Waals surface area contributed by atoms with Gasteiger partial charge in [-0.1, -0.05) is 48.0 Å². The highest BCUT2D eigenvalue weighted by Crippen LogP contribution is 2.39. The van der Waals surface area contributed by atoms with Crippen LogP contribution >= 0.6 is 0 Å². The first-order valence-corrected chi connectivity index (χ1v) is 19.5. The number of sulfonamides is 1. The van der Waals surface area contributed by atoms with E-state index in [1.807, 2.05) is 57.2 Å². The third-order valence-corrected chi connectivity index (χ3v) is 11.6. The number of carbonyl (C=O) groups is 1. The molecule has 0 saturated carbocycles. The summed E-state index contributed by atoms with van der Waals surface area (Å²) in [5.74, 6) is 5.69. The van der Waals surface area contributed by atoms with Crippen LogP contribution in [-0.4, -0.2) is 90.1 Å². The van der Waals surface area contributed by atoms with Gasteiger partial charge in [0.25, 0.3) is 0 Å². The molecule has 2 aliphatic rings. The number of anilines is 1. The third-order valence-electron chi connectivity index (χ3n) is 9.66. The summed E-state index contributed by atoms with van der Waals surface area (Å²) in [6, 6.07) is 20.3. The van der Waals surface area contributed by atoms with E-state index in [9.17, 15) is 13.2 Å². The van der Waals surface area contributed by atoms with Crippen molar-refractivity contribution in [2.24, 2.45) is 5.84 Å². The molecular formula is C39H54N4O8S. The summed E-state index contributed by atoms with van der Waals surface area (Å²) in [4.78, 5) is 15.2. The van der Waals surface area contributed by atoms with Crippen LogP contribution in [0, 0.1) is 6.92 Å². The molecular weight excluding hydrogens is 685 g/mol. The Hall–Kier alpha value is -3.56. The van der Waals surface area contributed by atoms with Crippen LogP contribution in [0.5, 0.6) is 5.75 Å². The largest absolute Gasteiger partial charge is 0.490 e. The number of nitrogens with zero attached hydrogens (tertiary/aromatic N) is 2. The predicted octanol–water partition coefficient (Wildman–Crippen LogP) is 4.68. The van der Waals surface area contributed by atoms with Gasteiger partial charge in [0.05, 0.1) is 49.2 Å². The van der Waals surface area contributed by atoms with E-state index in [2.05, 4.69) is 16.4 Å². The summed E-state index contributed by atoms with van der Waals surface area (Å²) in [6.07, 6.45) is 0.658. The molecule has 1 saturated heterocycles. The molecule has 0 spiro atoms. The zero-order chi connectivity index (χ0) is 37.1. The maximum absolute atomic E-state index is 14.2. The number of piperidine rings is 1. The molecule has 3 N–H and O–H groups in total. The zero-order valence-corrected chi connectivity index (χ0v) is 31.6. The smallest absolute Gasteiger partial charge is 0.243 e. The van der Waals surface area contributed by atoms with E-state index >= 15 is 0 Å². The second-order valence-corrected chi connectivity index (χ2v) is 15.4. The summed E-state index contributed by atoms with van der Waals surface area (Å²) in [6.45, 7) is 10.6. The molecule has 13 heteroatoms. The first-order chi connectivity index (χ1) is 25.1. The fourth-order valence-electron chi connectivity index (χ4n) is 6.91. The second-order valence-electron chi connectivity index (χ2n) is 13.5. The van der Waals surface area contributed by atoms with Crippen molar-refractivity contribution < 1.29 is 36.9 Å².